The van der Waals surface area contributed by atoms with Crippen LogP contribution < -0.4 is 0 Å². The van der Waals surface area contributed by atoms with Gasteiger partial charge in [-0.25, -0.2) is 0 Å². The Balaban J connectivity index is 4.11. The summed E-state index contributed by atoms with van der Waals surface area (Å²) in [5.74, 6) is 0. The molecule has 0 aromatic heterocycles. The van der Waals surface area contributed by atoms with Gasteiger partial charge in [0.25, 0.3) is 0 Å². The third-order valence-electron chi connectivity index (χ3n) is 3.62. The molecule has 0 bridgehead atoms. The summed E-state index contributed by atoms with van der Waals surface area (Å²) < 4.78 is 0. The Bertz CT molecular complexity index is 209. The van der Waals surface area contributed by atoms with Crippen molar-refractivity contribution in [3.8, 4) is 0 Å². The summed E-state index contributed by atoms with van der Waals surface area (Å²) in [5, 5.41) is 0. The van der Waals surface area contributed by atoms with Crippen molar-refractivity contribution < 1.29 is 0 Å². The Hall–Kier alpha value is 0.754. The number of hydrogen-bond donors (Lipinski definition) is 0. The van der Waals surface area contributed by atoms with E-state index in [0.29, 0.717) is 0 Å². The minimum Gasteiger partial charge on any atom is -0.167 e. The molecule has 0 radical (unpaired) electrons. The predicted octanol–water partition coefficient (Wildman–Crippen LogP) is 5.92. The van der Waals surface area contributed by atoms with Gasteiger partial charge in [0.1, 0.15) is 0 Å². The third kappa shape index (κ3) is 5.90. The molecule has 0 amide bonds. The van der Waals surface area contributed by atoms with Crippen LogP contribution in [0.15, 0.2) is 11.8 Å². The maximum Gasteiger partial charge on any atom is 0.178 e. The molecular weight excluding hydrogens is 271 g/mol. The molecule has 0 atom stereocenters. The number of hydrogen-bond acceptors (Lipinski definition) is 0. The van der Waals surface area contributed by atoms with Crippen LogP contribution in [0, 0.1) is 0 Å². The molecule has 0 saturated heterocycles. The van der Waals surface area contributed by atoms with Crippen molar-refractivity contribution >= 4 is 36.9 Å². The van der Waals surface area contributed by atoms with Gasteiger partial charge in [0.05, 0.1) is 0 Å². The molecule has 0 aliphatic carbocycles. The van der Waals surface area contributed by atoms with Crippen LogP contribution in [0.2, 0.25) is 30.2 Å². The second-order valence-corrected chi connectivity index (χ2v) is 17.2. The first kappa shape index (κ1) is 16.8. The van der Waals surface area contributed by atoms with Gasteiger partial charge in [0.2, 0.25) is 0 Å². The van der Waals surface area contributed by atoms with Gasteiger partial charge in [-0.15, -0.1) is 0 Å². The van der Waals surface area contributed by atoms with Gasteiger partial charge in [0, 0.05) is 0 Å². The van der Waals surface area contributed by atoms with Crippen molar-refractivity contribution in [1.82, 2.24) is 0 Å². The molecule has 0 fully saturated rings. The minimum atomic E-state index is -1.55. The van der Waals surface area contributed by atoms with Gasteiger partial charge in [-0.2, -0.15) is 22.2 Å². The highest BCUT2D eigenvalue weighted by Gasteiger charge is 2.25. The molecule has 0 heterocycles. The fourth-order valence-corrected chi connectivity index (χ4v) is 5.77. The average molecular weight is 297 g/mol. The first-order valence-corrected chi connectivity index (χ1v) is 13.6. The summed E-state index contributed by atoms with van der Waals surface area (Å²) in [6.07, 6.45) is 3.42. The molecule has 0 aliphatic rings. The van der Waals surface area contributed by atoms with Crippen LogP contribution in [-0.4, -0.2) is 14.8 Å². The second-order valence-electron chi connectivity index (χ2n) is 4.54. The summed E-state index contributed by atoms with van der Waals surface area (Å²) in [6.45, 7) is 8.85. The molecular formula is C12H26Cl2Si2. The van der Waals surface area contributed by atoms with Crippen molar-refractivity contribution in [2.45, 2.75) is 64.3 Å². The number of rotatable bonds is 8. The highest BCUT2D eigenvalue weighted by molar-refractivity contribution is 7.23. The molecule has 0 N–H and O–H groups in total. The van der Waals surface area contributed by atoms with Crippen molar-refractivity contribution in [1.29, 1.82) is 0 Å². The van der Waals surface area contributed by atoms with Crippen molar-refractivity contribution in [3.63, 3.8) is 0 Å². The SMILES string of the molecule is CC[Si](Cl)(/C=C/CC[Si](Cl)(CC)CC)CC. The van der Waals surface area contributed by atoms with E-state index in [0.717, 1.165) is 18.5 Å². The normalized spacial score (nSPS) is 13.6. The summed E-state index contributed by atoms with van der Waals surface area (Å²) in [4.78, 5) is 0. The quantitative estimate of drug-likeness (QED) is 0.385. The molecule has 0 aromatic rings. The van der Waals surface area contributed by atoms with Gasteiger partial charge in [0.15, 0.2) is 14.8 Å². The average Bonchev–Trinajstić information content (AvgIpc) is 2.34. The maximum atomic E-state index is 6.61. The largest absolute Gasteiger partial charge is 0.178 e. The van der Waals surface area contributed by atoms with E-state index >= 15 is 0 Å². The molecule has 16 heavy (non-hydrogen) atoms. The zero-order valence-corrected chi connectivity index (χ0v) is 14.7. The summed E-state index contributed by atoms with van der Waals surface area (Å²) in [5.41, 5.74) is 2.31. The van der Waals surface area contributed by atoms with Gasteiger partial charge in [-0.3, -0.25) is 0 Å². The topological polar surface area (TPSA) is 0 Å². The maximum absolute atomic E-state index is 6.61. The standard InChI is InChI=1S/C12H26Cl2Si2/c1-5-15(13,6-2)11-9-10-12-16(14,7-3)8-4/h9,11H,5-8,10,12H2,1-4H3/b11-9+. The van der Waals surface area contributed by atoms with E-state index in [1.807, 2.05) is 0 Å². The molecule has 0 aliphatic heterocycles. The van der Waals surface area contributed by atoms with Crippen LogP contribution in [0.1, 0.15) is 34.1 Å². The lowest BCUT2D eigenvalue weighted by molar-refractivity contribution is 1.12. The molecule has 4 heteroatoms. The Morgan fingerprint density at radius 1 is 0.875 bits per heavy atom. The Labute approximate surface area is 113 Å². The van der Waals surface area contributed by atoms with Crippen LogP contribution in [0.4, 0.5) is 0 Å². The first-order valence-electron chi connectivity index (χ1n) is 6.50. The zero-order valence-electron chi connectivity index (χ0n) is 11.2. The molecule has 0 spiro atoms. The monoisotopic (exact) mass is 296 g/mol. The van der Waals surface area contributed by atoms with Crippen LogP contribution in [0.3, 0.4) is 0 Å². The van der Waals surface area contributed by atoms with Crippen molar-refractivity contribution in [2.24, 2.45) is 0 Å². The zero-order chi connectivity index (χ0) is 12.7. The molecule has 0 unspecified atom stereocenters. The lowest BCUT2D eigenvalue weighted by atomic mass is 10.5. The van der Waals surface area contributed by atoms with Gasteiger partial charge < -0.3 is 0 Å². The summed E-state index contributed by atoms with van der Waals surface area (Å²) >= 11 is 13.2. The smallest absolute Gasteiger partial charge is 0.167 e. The predicted molar refractivity (Wildman–Crippen MR) is 83.7 cm³/mol. The van der Waals surface area contributed by atoms with Gasteiger partial charge >= 0.3 is 0 Å². The van der Waals surface area contributed by atoms with Crippen molar-refractivity contribution in [3.05, 3.63) is 11.8 Å². The Morgan fingerprint density at radius 3 is 1.75 bits per heavy atom. The number of halogens is 2. The third-order valence-corrected chi connectivity index (χ3v) is 14.7. The van der Waals surface area contributed by atoms with Crippen molar-refractivity contribution in [2.75, 3.05) is 0 Å². The minimum absolute atomic E-state index is 1.12. The number of allylic oxidation sites excluding steroid dienone is 1. The highest BCUT2D eigenvalue weighted by Crippen LogP contribution is 2.27. The lowest BCUT2D eigenvalue weighted by Gasteiger charge is -2.20. The summed E-state index contributed by atoms with van der Waals surface area (Å²) in [7, 11) is -2.97. The van der Waals surface area contributed by atoms with Gasteiger partial charge in [-0.05, 0) is 36.6 Å². The van der Waals surface area contributed by atoms with Gasteiger partial charge in [-0.1, -0.05) is 39.5 Å². The summed E-state index contributed by atoms with van der Waals surface area (Å²) in [6, 6.07) is 5.83. The fourth-order valence-electron chi connectivity index (χ4n) is 1.73. The van der Waals surface area contributed by atoms with Crippen LogP contribution in [0.5, 0.6) is 0 Å². The Kier molecular flexibility index (Phi) is 8.34. The van der Waals surface area contributed by atoms with Crippen LogP contribution in [-0.2, 0) is 0 Å². The van der Waals surface area contributed by atoms with E-state index in [1.54, 1.807) is 0 Å². The Morgan fingerprint density at radius 2 is 1.38 bits per heavy atom. The second kappa shape index (κ2) is 7.96. The van der Waals surface area contributed by atoms with Crippen LogP contribution >= 0.6 is 22.2 Å². The van der Waals surface area contributed by atoms with Crippen LogP contribution in [0.25, 0.3) is 0 Å². The van der Waals surface area contributed by atoms with E-state index in [1.165, 1.54) is 18.1 Å². The molecule has 0 rings (SSSR count). The first-order chi connectivity index (χ1) is 7.45. The van der Waals surface area contributed by atoms with E-state index in [2.05, 4.69) is 39.5 Å². The van der Waals surface area contributed by atoms with E-state index in [-0.39, 0.29) is 0 Å². The molecule has 96 valence electrons. The molecule has 0 saturated carbocycles. The molecule has 0 aromatic carbocycles. The fraction of sp³-hybridized carbons (Fsp3) is 0.833. The van der Waals surface area contributed by atoms with E-state index in [4.69, 9.17) is 22.2 Å². The lowest BCUT2D eigenvalue weighted by Crippen LogP contribution is -2.24. The van der Waals surface area contributed by atoms with E-state index in [9.17, 15) is 0 Å². The van der Waals surface area contributed by atoms with E-state index < -0.39 is 14.8 Å². The highest BCUT2D eigenvalue weighted by atomic mass is 35.6. The molecule has 0 nitrogen and oxygen atoms in total.